The second-order valence-corrected chi connectivity index (χ2v) is 6.26. The average Bonchev–Trinajstić information content (AvgIpc) is 3.09. The fraction of sp³-hybridized carbons (Fsp3) is 0.412. The number of carbonyl (C=O) groups is 4. The van der Waals surface area contributed by atoms with Gasteiger partial charge in [-0.25, -0.2) is 4.79 Å². The molecule has 0 bridgehead atoms. The molecule has 7 heteroatoms. The predicted octanol–water partition coefficient (Wildman–Crippen LogP) is 1.69. The number of benzene rings is 1. The van der Waals surface area contributed by atoms with Gasteiger partial charge in [0.1, 0.15) is 12.1 Å². The van der Waals surface area contributed by atoms with Crippen LogP contribution >= 0.6 is 0 Å². The van der Waals surface area contributed by atoms with Gasteiger partial charge in [0.2, 0.25) is 5.91 Å². The molecule has 1 aromatic carbocycles. The maximum absolute atomic E-state index is 12.5. The van der Waals surface area contributed by atoms with Gasteiger partial charge in [-0.05, 0) is 31.9 Å². The first kappa shape index (κ1) is 16.2. The standard InChI is InChI=1S/C17H19N3O4/c1-11(21)12-6-2-3-7-13(12)18-14(22)10-20-15(23)17(19-16(20)24)8-4-5-9-17/h2-3,6-7H,4-5,8-10H2,1H3,(H,18,22)(H,19,24). The van der Waals surface area contributed by atoms with Gasteiger partial charge in [0, 0.05) is 5.56 Å². The highest BCUT2D eigenvalue weighted by Gasteiger charge is 2.52. The van der Waals surface area contributed by atoms with Crippen LogP contribution < -0.4 is 10.6 Å². The fourth-order valence-electron chi connectivity index (χ4n) is 3.37. The number of ketones is 1. The van der Waals surface area contributed by atoms with Crippen LogP contribution in [0, 0.1) is 0 Å². The van der Waals surface area contributed by atoms with Crippen LogP contribution in [-0.4, -0.2) is 40.6 Å². The summed E-state index contributed by atoms with van der Waals surface area (Å²) in [7, 11) is 0. The monoisotopic (exact) mass is 329 g/mol. The number of anilines is 1. The van der Waals surface area contributed by atoms with Crippen LogP contribution in [0.5, 0.6) is 0 Å². The molecule has 3 rings (SSSR count). The molecule has 1 heterocycles. The topological polar surface area (TPSA) is 95.6 Å². The Kier molecular flexibility index (Phi) is 4.09. The first-order valence-corrected chi connectivity index (χ1v) is 7.97. The SMILES string of the molecule is CC(=O)c1ccccc1NC(=O)CN1C(=O)NC2(CCCC2)C1=O. The highest BCUT2D eigenvalue weighted by atomic mass is 16.2. The lowest BCUT2D eigenvalue weighted by Gasteiger charge is -2.19. The highest BCUT2D eigenvalue weighted by molar-refractivity contribution is 6.11. The van der Waals surface area contributed by atoms with Crippen LogP contribution in [0.4, 0.5) is 10.5 Å². The highest BCUT2D eigenvalue weighted by Crippen LogP contribution is 2.34. The maximum atomic E-state index is 12.5. The van der Waals surface area contributed by atoms with E-state index in [2.05, 4.69) is 10.6 Å². The van der Waals surface area contributed by atoms with Crippen molar-refractivity contribution in [3.05, 3.63) is 29.8 Å². The van der Waals surface area contributed by atoms with Crippen molar-refractivity contribution in [1.82, 2.24) is 10.2 Å². The molecule has 1 aromatic rings. The van der Waals surface area contributed by atoms with Crippen molar-refractivity contribution < 1.29 is 19.2 Å². The number of para-hydroxylation sites is 1. The molecule has 1 aliphatic carbocycles. The Labute approximate surface area is 139 Å². The zero-order valence-corrected chi connectivity index (χ0v) is 13.4. The van der Waals surface area contributed by atoms with Gasteiger partial charge in [0.25, 0.3) is 5.91 Å². The van der Waals surface area contributed by atoms with E-state index in [1.807, 2.05) is 0 Å². The van der Waals surface area contributed by atoms with E-state index in [4.69, 9.17) is 0 Å². The lowest BCUT2D eigenvalue weighted by atomic mass is 9.98. The number of hydrogen-bond donors (Lipinski definition) is 2. The number of Topliss-reactive ketones (excluding diaryl/α,β-unsaturated/α-hetero) is 1. The van der Waals surface area contributed by atoms with E-state index in [0.717, 1.165) is 17.7 Å². The average molecular weight is 329 g/mol. The van der Waals surface area contributed by atoms with Gasteiger partial charge >= 0.3 is 6.03 Å². The van der Waals surface area contributed by atoms with E-state index < -0.39 is 17.5 Å². The van der Waals surface area contributed by atoms with Crippen molar-refractivity contribution in [3.63, 3.8) is 0 Å². The van der Waals surface area contributed by atoms with E-state index in [-0.39, 0.29) is 18.2 Å². The molecule has 2 N–H and O–H groups in total. The molecule has 0 atom stereocenters. The van der Waals surface area contributed by atoms with Crippen molar-refractivity contribution in [2.24, 2.45) is 0 Å². The summed E-state index contributed by atoms with van der Waals surface area (Å²) in [6.45, 7) is 1.05. The molecule has 2 fully saturated rings. The summed E-state index contributed by atoms with van der Waals surface area (Å²) in [6.07, 6.45) is 3.00. The molecule has 1 spiro atoms. The Morgan fingerprint density at radius 2 is 1.88 bits per heavy atom. The second-order valence-electron chi connectivity index (χ2n) is 6.26. The predicted molar refractivity (Wildman–Crippen MR) is 86.5 cm³/mol. The molecule has 24 heavy (non-hydrogen) atoms. The minimum Gasteiger partial charge on any atom is -0.324 e. The Hall–Kier alpha value is -2.70. The number of imide groups is 1. The van der Waals surface area contributed by atoms with Crippen molar-refractivity contribution >= 4 is 29.3 Å². The number of urea groups is 1. The molecule has 1 saturated heterocycles. The third kappa shape index (κ3) is 2.77. The molecule has 7 nitrogen and oxygen atoms in total. The molecular weight excluding hydrogens is 310 g/mol. The molecule has 1 saturated carbocycles. The summed E-state index contributed by atoms with van der Waals surface area (Å²) in [4.78, 5) is 49.4. The molecule has 0 radical (unpaired) electrons. The molecule has 0 aromatic heterocycles. The zero-order chi connectivity index (χ0) is 17.3. The molecule has 126 valence electrons. The van der Waals surface area contributed by atoms with Crippen LogP contribution in [0.25, 0.3) is 0 Å². The lowest BCUT2D eigenvalue weighted by Crippen LogP contribution is -2.44. The fourth-order valence-corrected chi connectivity index (χ4v) is 3.37. The summed E-state index contributed by atoms with van der Waals surface area (Å²) < 4.78 is 0. The van der Waals surface area contributed by atoms with E-state index >= 15 is 0 Å². The van der Waals surface area contributed by atoms with Crippen molar-refractivity contribution in [2.45, 2.75) is 38.1 Å². The molecule has 4 amide bonds. The summed E-state index contributed by atoms with van der Waals surface area (Å²) in [5.74, 6) is -1.02. The largest absolute Gasteiger partial charge is 0.325 e. The van der Waals surface area contributed by atoms with Crippen LogP contribution in [0.3, 0.4) is 0 Å². The molecule has 1 aliphatic heterocycles. The summed E-state index contributed by atoms with van der Waals surface area (Å²) in [6, 6.07) is 6.09. The quantitative estimate of drug-likeness (QED) is 0.649. The van der Waals surface area contributed by atoms with Gasteiger partial charge in [-0.1, -0.05) is 25.0 Å². The number of hydrogen-bond acceptors (Lipinski definition) is 4. The van der Waals surface area contributed by atoms with Crippen LogP contribution in [0.1, 0.15) is 43.0 Å². The minimum absolute atomic E-state index is 0.175. The smallest absolute Gasteiger partial charge is 0.324 e. The first-order valence-electron chi connectivity index (χ1n) is 7.97. The molecular formula is C17H19N3O4. The van der Waals surface area contributed by atoms with Crippen molar-refractivity contribution in [2.75, 3.05) is 11.9 Å². The number of amides is 4. The van der Waals surface area contributed by atoms with Crippen LogP contribution in [0.2, 0.25) is 0 Å². The van der Waals surface area contributed by atoms with E-state index in [1.165, 1.54) is 6.92 Å². The maximum Gasteiger partial charge on any atom is 0.325 e. The number of nitrogens with one attached hydrogen (secondary N) is 2. The van der Waals surface area contributed by atoms with Crippen LogP contribution in [-0.2, 0) is 9.59 Å². The second kappa shape index (κ2) is 6.07. The Morgan fingerprint density at radius 3 is 2.54 bits per heavy atom. The van der Waals surface area contributed by atoms with Gasteiger partial charge in [-0.15, -0.1) is 0 Å². The Bertz CT molecular complexity index is 722. The van der Waals surface area contributed by atoms with E-state index in [1.54, 1.807) is 24.3 Å². The van der Waals surface area contributed by atoms with Gasteiger partial charge in [0.05, 0.1) is 5.69 Å². The van der Waals surface area contributed by atoms with Gasteiger partial charge in [-0.3, -0.25) is 19.3 Å². The summed E-state index contributed by atoms with van der Waals surface area (Å²) >= 11 is 0. The Balaban J connectivity index is 1.71. The minimum atomic E-state index is -0.825. The Morgan fingerprint density at radius 1 is 1.21 bits per heavy atom. The number of carbonyl (C=O) groups excluding carboxylic acids is 4. The van der Waals surface area contributed by atoms with Crippen molar-refractivity contribution in [3.8, 4) is 0 Å². The first-order chi connectivity index (χ1) is 11.4. The normalized spacial score (nSPS) is 18.8. The van der Waals surface area contributed by atoms with Gasteiger partial charge < -0.3 is 10.6 Å². The van der Waals surface area contributed by atoms with Gasteiger partial charge in [0.15, 0.2) is 5.78 Å². The zero-order valence-electron chi connectivity index (χ0n) is 13.4. The molecule has 2 aliphatic rings. The summed E-state index contributed by atoms with van der Waals surface area (Å²) in [5.41, 5.74) is -0.0674. The van der Waals surface area contributed by atoms with Gasteiger partial charge in [-0.2, -0.15) is 0 Å². The number of nitrogens with zero attached hydrogens (tertiary/aromatic N) is 1. The number of rotatable bonds is 4. The van der Waals surface area contributed by atoms with E-state index in [9.17, 15) is 19.2 Å². The molecule has 0 unspecified atom stereocenters. The van der Waals surface area contributed by atoms with Crippen LogP contribution in [0.15, 0.2) is 24.3 Å². The lowest BCUT2D eigenvalue weighted by molar-refractivity contribution is -0.133. The third-order valence-corrected chi connectivity index (χ3v) is 4.59. The third-order valence-electron chi connectivity index (χ3n) is 4.59. The summed E-state index contributed by atoms with van der Waals surface area (Å²) in [5, 5.41) is 5.34. The van der Waals surface area contributed by atoms with Crippen molar-refractivity contribution in [1.29, 1.82) is 0 Å². The van der Waals surface area contributed by atoms with E-state index in [0.29, 0.717) is 24.1 Å².